The van der Waals surface area contributed by atoms with Gasteiger partial charge < -0.3 is 5.32 Å². The zero-order valence-electron chi connectivity index (χ0n) is 18.8. The van der Waals surface area contributed by atoms with Gasteiger partial charge in [0, 0.05) is 12.6 Å². The lowest BCUT2D eigenvalue weighted by molar-refractivity contribution is 0.0124. The molecule has 4 fully saturated rings. The molecule has 4 unspecified atom stereocenters. The molecule has 1 heteroatoms. The molecule has 1 aliphatic heterocycles. The highest BCUT2D eigenvalue weighted by molar-refractivity contribution is 5.00. The Hall–Kier alpha value is -0.0400. The van der Waals surface area contributed by atoms with Crippen molar-refractivity contribution >= 4 is 0 Å². The predicted octanol–water partition coefficient (Wildman–Crippen LogP) is 7.49. The Labute approximate surface area is 169 Å². The highest BCUT2D eigenvalue weighted by Crippen LogP contribution is 2.57. The van der Waals surface area contributed by atoms with Crippen molar-refractivity contribution in [2.75, 3.05) is 6.54 Å². The van der Waals surface area contributed by atoms with Crippen molar-refractivity contribution in [3.8, 4) is 0 Å². The van der Waals surface area contributed by atoms with Gasteiger partial charge in [-0.1, -0.05) is 59.3 Å². The van der Waals surface area contributed by atoms with Gasteiger partial charge in [0.25, 0.3) is 0 Å². The summed E-state index contributed by atoms with van der Waals surface area (Å²) in [6.45, 7) is 9.26. The van der Waals surface area contributed by atoms with E-state index < -0.39 is 0 Å². The SMILES string of the molecule is CC1(C2CCCCC2)CCC2CCC(C)(C3(C)CCCCC3)CCC2NC1. The first-order valence-corrected chi connectivity index (χ1v) is 12.7. The Balaban J connectivity index is 1.41. The van der Waals surface area contributed by atoms with E-state index in [0.29, 0.717) is 16.2 Å². The highest BCUT2D eigenvalue weighted by Gasteiger charge is 2.48. The van der Waals surface area contributed by atoms with Gasteiger partial charge in [-0.15, -0.1) is 0 Å². The minimum atomic E-state index is 0.575. The summed E-state index contributed by atoms with van der Waals surface area (Å²) in [5, 5.41) is 4.16. The molecule has 156 valence electrons. The molecule has 0 aromatic rings. The quantitative estimate of drug-likeness (QED) is 0.528. The number of fused-ring (bicyclic) bond motifs is 1. The van der Waals surface area contributed by atoms with Crippen molar-refractivity contribution in [1.29, 1.82) is 0 Å². The van der Waals surface area contributed by atoms with Gasteiger partial charge >= 0.3 is 0 Å². The van der Waals surface area contributed by atoms with Crippen LogP contribution >= 0.6 is 0 Å². The topological polar surface area (TPSA) is 12.0 Å². The second-order valence-corrected chi connectivity index (χ2v) is 12.0. The molecule has 4 rings (SSSR count). The standard InChI is InChI=1S/C26H47N/c1-24(22-10-6-4-7-11-22)17-12-21-13-18-26(3,19-14-23(21)27-20-24)25(2)15-8-5-9-16-25/h21-23,27H,4-20H2,1-3H3. The molecule has 0 aromatic carbocycles. The maximum Gasteiger partial charge on any atom is 0.00957 e. The summed E-state index contributed by atoms with van der Waals surface area (Å²) in [7, 11) is 0. The van der Waals surface area contributed by atoms with E-state index in [1.54, 1.807) is 0 Å². The number of hydrogen-bond donors (Lipinski definition) is 1. The van der Waals surface area contributed by atoms with Crippen molar-refractivity contribution in [3.63, 3.8) is 0 Å². The minimum absolute atomic E-state index is 0.575. The van der Waals surface area contributed by atoms with E-state index in [9.17, 15) is 0 Å². The van der Waals surface area contributed by atoms with E-state index in [-0.39, 0.29) is 0 Å². The van der Waals surface area contributed by atoms with Crippen LogP contribution in [0, 0.1) is 28.1 Å². The van der Waals surface area contributed by atoms with Gasteiger partial charge in [0.05, 0.1) is 0 Å². The second kappa shape index (κ2) is 8.00. The molecule has 0 amide bonds. The fourth-order valence-corrected chi connectivity index (χ4v) is 7.81. The molecular weight excluding hydrogens is 326 g/mol. The third-order valence-corrected chi connectivity index (χ3v) is 10.5. The van der Waals surface area contributed by atoms with E-state index >= 15 is 0 Å². The second-order valence-electron chi connectivity index (χ2n) is 12.0. The molecule has 27 heavy (non-hydrogen) atoms. The third-order valence-electron chi connectivity index (χ3n) is 10.5. The van der Waals surface area contributed by atoms with Crippen molar-refractivity contribution < 1.29 is 0 Å². The van der Waals surface area contributed by atoms with Crippen LogP contribution < -0.4 is 5.32 Å². The monoisotopic (exact) mass is 373 g/mol. The zero-order valence-corrected chi connectivity index (χ0v) is 18.8. The number of nitrogens with one attached hydrogen (secondary N) is 1. The Kier molecular flexibility index (Phi) is 6.00. The molecule has 1 heterocycles. The van der Waals surface area contributed by atoms with Crippen LogP contribution in [0.15, 0.2) is 0 Å². The summed E-state index contributed by atoms with van der Waals surface area (Å²) in [5.74, 6) is 1.94. The van der Waals surface area contributed by atoms with Crippen LogP contribution in [0.25, 0.3) is 0 Å². The third kappa shape index (κ3) is 4.01. The maximum absolute atomic E-state index is 4.16. The van der Waals surface area contributed by atoms with Crippen LogP contribution in [-0.4, -0.2) is 12.6 Å². The van der Waals surface area contributed by atoms with Crippen molar-refractivity contribution in [2.45, 2.75) is 130 Å². The summed E-state index contributed by atoms with van der Waals surface area (Å²) in [4.78, 5) is 0. The summed E-state index contributed by atoms with van der Waals surface area (Å²) < 4.78 is 0. The summed E-state index contributed by atoms with van der Waals surface area (Å²) in [5.41, 5.74) is 1.78. The van der Waals surface area contributed by atoms with Crippen LogP contribution in [0.4, 0.5) is 0 Å². The van der Waals surface area contributed by atoms with Gasteiger partial charge in [0.1, 0.15) is 0 Å². The average Bonchev–Trinajstić information content (AvgIpc) is 2.96. The van der Waals surface area contributed by atoms with Crippen molar-refractivity contribution in [3.05, 3.63) is 0 Å². The summed E-state index contributed by atoms with van der Waals surface area (Å²) >= 11 is 0. The van der Waals surface area contributed by atoms with Crippen LogP contribution in [-0.2, 0) is 0 Å². The fourth-order valence-electron chi connectivity index (χ4n) is 7.81. The maximum atomic E-state index is 4.16. The number of hydrogen-bond acceptors (Lipinski definition) is 1. The lowest BCUT2D eigenvalue weighted by Crippen LogP contribution is -2.42. The van der Waals surface area contributed by atoms with E-state index in [1.807, 2.05) is 0 Å². The van der Waals surface area contributed by atoms with Gasteiger partial charge in [0.2, 0.25) is 0 Å². The average molecular weight is 374 g/mol. The van der Waals surface area contributed by atoms with Crippen LogP contribution in [0.1, 0.15) is 124 Å². The molecule has 4 aliphatic rings. The first-order chi connectivity index (χ1) is 12.9. The molecule has 0 radical (unpaired) electrons. The minimum Gasteiger partial charge on any atom is -0.313 e. The molecule has 0 bridgehead atoms. The van der Waals surface area contributed by atoms with Crippen molar-refractivity contribution in [1.82, 2.24) is 5.32 Å². The molecule has 0 aromatic heterocycles. The first-order valence-electron chi connectivity index (χ1n) is 12.7. The Morgan fingerprint density at radius 3 is 1.93 bits per heavy atom. The lowest BCUT2D eigenvalue weighted by Gasteiger charge is -2.49. The molecule has 3 aliphatic carbocycles. The molecule has 1 N–H and O–H groups in total. The summed E-state index contributed by atoms with van der Waals surface area (Å²) in [6, 6.07) is 0.810. The van der Waals surface area contributed by atoms with Gasteiger partial charge in [-0.2, -0.15) is 0 Å². The summed E-state index contributed by atoms with van der Waals surface area (Å²) in [6.07, 6.45) is 23.8. The van der Waals surface area contributed by atoms with E-state index in [2.05, 4.69) is 26.1 Å². The molecule has 4 atom stereocenters. The van der Waals surface area contributed by atoms with Gasteiger partial charge in [-0.05, 0) is 92.3 Å². The van der Waals surface area contributed by atoms with Gasteiger partial charge in [0.15, 0.2) is 0 Å². The fraction of sp³-hybridized carbons (Fsp3) is 1.00. The molecular formula is C26H47N. The van der Waals surface area contributed by atoms with E-state index in [0.717, 1.165) is 17.9 Å². The zero-order chi connectivity index (χ0) is 19.0. The van der Waals surface area contributed by atoms with Crippen LogP contribution in [0.5, 0.6) is 0 Å². The van der Waals surface area contributed by atoms with Crippen molar-refractivity contribution in [2.24, 2.45) is 28.1 Å². The predicted molar refractivity (Wildman–Crippen MR) is 117 cm³/mol. The normalized spacial score (nSPS) is 44.1. The molecule has 1 saturated heterocycles. The van der Waals surface area contributed by atoms with E-state index in [4.69, 9.17) is 0 Å². The van der Waals surface area contributed by atoms with Gasteiger partial charge in [-0.25, -0.2) is 0 Å². The lowest BCUT2D eigenvalue weighted by atomic mass is 9.56. The molecule has 1 nitrogen and oxygen atoms in total. The first kappa shape index (κ1) is 20.2. The van der Waals surface area contributed by atoms with Gasteiger partial charge in [-0.3, -0.25) is 0 Å². The molecule has 3 saturated carbocycles. The van der Waals surface area contributed by atoms with Crippen LogP contribution in [0.3, 0.4) is 0 Å². The highest BCUT2D eigenvalue weighted by atomic mass is 14.9. The largest absolute Gasteiger partial charge is 0.313 e. The number of rotatable bonds is 2. The Bertz CT molecular complexity index is 464. The Morgan fingerprint density at radius 1 is 0.593 bits per heavy atom. The smallest absolute Gasteiger partial charge is 0.00957 e. The van der Waals surface area contributed by atoms with Crippen LogP contribution in [0.2, 0.25) is 0 Å². The Morgan fingerprint density at radius 2 is 1.19 bits per heavy atom. The van der Waals surface area contributed by atoms with E-state index in [1.165, 1.54) is 109 Å². The molecule has 0 spiro atoms.